The standard InChI is InChI=1S/C13H12FN3S/c1-8-4-9(2-3-11(8)14)12-7-18-13-16-10(5-15)6-17(12)13/h2-4,6-7H,5,15H2,1H3. The SMILES string of the molecule is Cc1cc(-c2csc3nc(CN)cn23)ccc1F. The van der Waals surface area contributed by atoms with E-state index >= 15 is 0 Å². The number of aromatic nitrogens is 2. The Kier molecular flexibility index (Phi) is 2.65. The van der Waals surface area contributed by atoms with Crippen molar-refractivity contribution in [1.29, 1.82) is 0 Å². The highest BCUT2D eigenvalue weighted by atomic mass is 32.1. The quantitative estimate of drug-likeness (QED) is 0.770. The number of nitrogens with two attached hydrogens (primary N) is 1. The van der Waals surface area contributed by atoms with Crippen LogP contribution in [0.2, 0.25) is 0 Å². The number of imidazole rings is 1. The number of nitrogens with zero attached hydrogens (tertiary/aromatic N) is 2. The van der Waals surface area contributed by atoms with E-state index < -0.39 is 0 Å². The topological polar surface area (TPSA) is 43.3 Å². The van der Waals surface area contributed by atoms with Crippen LogP contribution in [0.5, 0.6) is 0 Å². The predicted octanol–water partition coefficient (Wildman–Crippen LogP) is 2.97. The molecule has 0 atom stereocenters. The molecule has 0 fully saturated rings. The van der Waals surface area contributed by atoms with Gasteiger partial charge in [0, 0.05) is 18.1 Å². The molecular formula is C13H12FN3S. The fourth-order valence-electron chi connectivity index (χ4n) is 1.94. The van der Waals surface area contributed by atoms with E-state index in [4.69, 9.17) is 5.73 Å². The van der Waals surface area contributed by atoms with Gasteiger partial charge in [-0.25, -0.2) is 9.37 Å². The Balaban J connectivity index is 2.18. The molecule has 0 saturated heterocycles. The molecular weight excluding hydrogens is 249 g/mol. The molecule has 0 aliphatic heterocycles. The van der Waals surface area contributed by atoms with Gasteiger partial charge >= 0.3 is 0 Å². The third-order valence-corrected chi connectivity index (χ3v) is 3.76. The molecule has 2 heterocycles. The Hall–Kier alpha value is -1.72. The molecule has 92 valence electrons. The van der Waals surface area contributed by atoms with E-state index in [-0.39, 0.29) is 5.82 Å². The average Bonchev–Trinajstić information content (AvgIpc) is 2.92. The molecule has 3 aromatic rings. The van der Waals surface area contributed by atoms with Gasteiger partial charge in [-0.05, 0) is 36.2 Å². The van der Waals surface area contributed by atoms with Crippen LogP contribution in [0.3, 0.4) is 0 Å². The molecule has 0 saturated carbocycles. The van der Waals surface area contributed by atoms with Crippen molar-refractivity contribution < 1.29 is 4.39 Å². The number of halogens is 1. The lowest BCUT2D eigenvalue weighted by Gasteiger charge is -2.02. The van der Waals surface area contributed by atoms with E-state index in [1.165, 1.54) is 6.07 Å². The Morgan fingerprint density at radius 3 is 3.00 bits per heavy atom. The normalized spacial score (nSPS) is 11.3. The lowest BCUT2D eigenvalue weighted by molar-refractivity contribution is 0.619. The Bertz CT molecular complexity index is 714. The fourth-order valence-corrected chi connectivity index (χ4v) is 2.84. The van der Waals surface area contributed by atoms with Crippen LogP contribution in [0, 0.1) is 12.7 Å². The summed E-state index contributed by atoms with van der Waals surface area (Å²) in [6.07, 6.45) is 1.93. The summed E-state index contributed by atoms with van der Waals surface area (Å²) in [5.74, 6) is -0.182. The van der Waals surface area contributed by atoms with Gasteiger partial charge in [0.05, 0.1) is 11.4 Å². The second-order valence-electron chi connectivity index (χ2n) is 4.17. The smallest absolute Gasteiger partial charge is 0.194 e. The lowest BCUT2D eigenvalue weighted by atomic mass is 10.1. The van der Waals surface area contributed by atoms with Crippen molar-refractivity contribution >= 4 is 16.3 Å². The summed E-state index contributed by atoms with van der Waals surface area (Å²) >= 11 is 1.56. The monoisotopic (exact) mass is 261 g/mol. The third-order valence-electron chi connectivity index (χ3n) is 2.92. The minimum atomic E-state index is -0.182. The second kappa shape index (κ2) is 4.19. The maximum Gasteiger partial charge on any atom is 0.194 e. The first-order valence-corrected chi connectivity index (χ1v) is 6.49. The van der Waals surface area contributed by atoms with E-state index in [2.05, 4.69) is 4.98 Å². The number of hydrogen-bond acceptors (Lipinski definition) is 3. The molecule has 2 N–H and O–H groups in total. The predicted molar refractivity (Wildman–Crippen MR) is 71.1 cm³/mol. The Morgan fingerprint density at radius 1 is 1.44 bits per heavy atom. The summed E-state index contributed by atoms with van der Waals surface area (Å²) in [6.45, 7) is 2.19. The fraction of sp³-hybridized carbons (Fsp3) is 0.154. The van der Waals surface area contributed by atoms with Crippen molar-refractivity contribution in [3.63, 3.8) is 0 Å². The van der Waals surface area contributed by atoms with Gasteiger partial charge in [-0.1, -0.05) is 0 Å². The highest BCUT2D eigenvalue weighted by Crippen LogP contribution is 2.27. The van der Waals surface area contributed by atoms with Crippen LogP contribution in [0.4, 0.5) is 4.39 Å². The Morgan fingerprint density at radius 2 is 2.28 bits per heavy atom. The molecule has 0 spiro atoms. The number of thiazole rings is 1. The molecule has 0 unspecified atom stereocenters. The maximum absolute atomic E-state index is 13.3. The third kappa shape index (κ3) is 1.72. The molecule has 5 heteroatoms. The molecule has 0 bridgehead atoms. The summed E-state index contributed by atoms with van der Waals surface area (Å²) in [5, 5.41) is 2.02. The zero-order valence-corrected chi connectivity index (χ0v) is 10.7. The minimum Gasteiger partial charge on any atom is -0.325 e. The van der Waals surface area contributed by atoms with Gasteiger partial charge in [-0.15, -0.1) is 11.3 Å². The van der Waals surface area contributed by atoms with E-state index in [0.29, 0.717) is 12.1 Å². The number of aryl methyl sites for hydroxylation is 1. The van der Waals surface area contributed by atoms with Crippen molar-refractivity contribution in [2.24, 2.45) is 5.73 Å². The number of rotatable bonds is 2. The molecule has 1 aromatic carbocycles. The van der Waals surface area contributed by atoms with Crippen LogP contribution in [-0.4, -0.2) is 9.38 Å². The summed E-state index contributed by atoms with van der Waals surface area (Å²) in [7, 11) is 0. The maximum atomic E-state index is 13.3. The Labute approximate surface area is 108 Å². The zero-order valence-electron chi connectivity index (χ0n) is 9.85. The molecule has 2 aromatic heterocycles. The van der Waals surface area contributed by atoms with Crippen molar-refractivity contribution in [1.82, 2.24) is 9.38 Å². The summed E-state index contributed by atoms with van der Waals surface area (Å²) in [4.78, 5) is 5.31. The highest BCUT2D eigenvalue weighted by molar-refractivity contribution is 7.15. The summed E-state index contributed by atoms with van der Waals surface area (Å²) < 4.78 is 15.3. The van der Waals surface area contributed by atoms with Gasteiger partial charge in [0.1, 0.15) is 5.82 Å². The highest BCUT2D eigenvalue weighted by Gasteiger charge is 2.10. The van der Waals surface area contributed by atoms with Crippen molar-refractivity contribution in [2.75, 3.05) is 0 Å². The molecule has 0 aliphatic carbocycles. The zero-order chi connectivity index (χ0) is 12.7. The first-order valence-electron chi connectivity index (χ1n) is 5.61. The largest absolute Gasteiger partial charge is 0.325 e. The van der Waals surface area contributed by atoms with E-state index in [1.54, 1.807) is 24.3 Å². The van der Waals surface area contributed by atoms with E-state index in [1.807, 2.05) is 22.0 Å². The second-order valence-corrected chi connectivity index (χ2v) is 5.01. The first kappa shape index (κ1) is 11.4. The van der Waals surface area contributed by atoms with Crippen molar-refractivity contribution in [2.45, 2.75) is 13.5 Å². The van der Waals surface area contributed by atoms with Crippen LogP contribution in [0.1, 0.15) is 11.3 Å². The van der Waals surface area contributed by atoms with Crippen LogP contribution in [-0.2, 0) is 6.54 Å². The molecule has 0 aliphatic rings. The number of hydrogen-bond donors (Lipinski definition) is 1. The molecule has 18 heavy (non-hydrogen) atoms. The minimum absolute atomic E-state index is 0.182. The number of benzene rings is 1. The van der Waals surface area contributed by atoms with Gasteiger partial charge in [0.25, 0.3) is 0 Å². The van der Waals surface area contributed by atoms with Gasteiger partial charge in [0.15, 0.2) is 4.96 Å². The van der Waals surface area contributed by atoms with Crippen molar-refractivity contribution in [3.05, 3.63) is 46.9 Å². The first-order chi connectivity index (χ1) is 8.69. The van der Waals surface area contributed by atoms with Crippen LogP contribution >= 0.6 is 11.3 Å². The molecule has 3 nitrogen and oxygen atoms in total. The average molecular weight is 261 g/mol. The number of fused-ring (bicyclic) bond motifs is 1. The van der Waals surface area contributed by atoms with E-state index in [9.17, 15) is 4.39 Å². The summed E-state index contributed by atoms with van der Waals surface area (Å²) in [5.41, 5.74) is 9.10. The van der Waals surface area contributed by atoms with Crippen molar-refractivity contribution in [3.8, 4) is 11.3 Å². The molecule has 3 rings (SSSR count). The summed E-state index contributed by atoms with van der Waals surface area (Å²) in [6, 6.07) is 5.12. The van der Waals surface area contributed by atoms with Gasteiger partial charge < -0.3 is 5.73 Å². The lowest BCUT2D eigenvalue weighted by Crippen LogP contribution is -1.95. The molecule has 0 amide bonds. The van der Waals surface area contributed by atoms with Crippen LogP contribution < -0.4 is 5.73 Å². The van der Waals surface area contributed by atoms with Crippen LogP contribution in [0.15, 0.2) is 29.8 Å². The van der Waals surface area contributed by atoms with Crippen LogP contribution in [0.25, 0.3) is 16.2 Å². The van der Waals surface area contributed by atoms with Gasteiger partial charge in [-0.3, -0.25) is 4.40 Å². The van der Waals surface area contributed by atoms with Gasteiger partial charge in [0.2, 0.25) is 0 Å². The van der Waals surface area contributed by atoms with E-state index in [0.717, 1.165) is 21.9 Å². The molecule has 0 radical (unpaired) electrons. The van der Waals surface area contributed by atoms with Gasteiger partial charge in [-0.2, -0.15) is 0 Å².